The number of unbranched alkanes of at least 4 members (excludes halogenated alkanes) is 1. The van der Waals surface area contributed by atoms with Gasteiger partial charge in [-0.1, -0.05) is 17.6 Å². The number of morpholine rings is 1. The van der Waals surface area contributed by atoms with Crippen molar-refractivity contribution in [1.82, 2.24) is 34.8 Å². The zero-order chi connectivity index (χ0) is 36.3. The number of carboxylic acids is 1. The fourth-order valence-corrected chi connectivity index (χ4v) is 5.52. The fraction of sp³-hybridized carbons (Fsp3) is 0.719. The van der Waals surface area contributed by atoms with E-state index in [9.17, 15) is 14.7 Å². The summed E-state index contributed by atoms with van der Waals surface area (Å²) in [5.74, 6) is 2.65. The van der Waals surface area contributed by atoms with Crippen molar-refractivity contribution in [2.24, 2.45) is 11.5 Å². The Morgan fingerprint density at radius 1 is 0.941 bits per heavy atom. The Morgan fingerprint density at radius 3 is 2.27 bits per heavy atom. The topological polar surface area (TPSA) is 234 Å². The highest BCUT2D eigenvalue weighted by molar-refractivity contribution is 5.81. The van der Waals surface area contributed by atoms with E-state index in [4.69, 9.17) is 46.8 Å². The van der Waals surface area contributed by atoms with Gasteiger partial charge in [0, 0.05) is 52.2 Å². The predicted molar refractivity (Wildman–Crippen MR) is 187 cm³/mol. The summed E-state index contributed by atoms with van der Waals surface area (Å²) in [5.41, 5.74) is 12.5. The molecule has 2 aliphatic rings. The Kier molecular flexibility index (Phi) is 17.0. The van der Waals surface area contributed by atoms with Crippen LogP contribution in [0.5, 0.6) is 0 Å². The molecule has 0 bridgehead atoms. The number of rotatable bonds is 23. The third kappa shape index (κ3) is 13.1. The summed E-state index contributed by atoms with van der Waals surface area (Å²) in [5, 5.41) is 21.0. The van der Waals surface area contributed by atoms with E-state index >= 15 is 0 Å². The first-order valence-corrected chi connectivity index (χ1v) is 17.5. The standard InChI is InChI=1S/C32H52N12O7/c1-2-16-48-20-22-51-23-21-49-17-9-35-30-36-31(38-32(37-30)43-14-18-50-19-15-43)42-12-10-41(11-13-42)29(47)27(6-7-28(45)46)44-24-26(39-40-44)25(34)5-3-4-8-33/h1,24-25,27H,3-23,33-34H2,(H,45,46)(H,35,36,37,38)/t25-,27-/m0/s1. The number of hydrogen-bond donors (Lipinski definition) is 4. The monoisotopic (exact) mass is 716 g/mol. The average molecular weight is 717 g/mol. The Bertz CT molecular complexity index is 1380. The molecule has 6 N–H and O–H groups in total. The quantitative estimate of drug-likeness (QED) is 0.0820. The molecule has 0 spiro atoms. The molecule has 19 heteroatoms. The molecule has 0 unspecified atom stereocenters. The molecule has 0 radical (unpaired) electrons. The van der Waals surface area contributed by atoms with E-state index in [-0.39, 0.29) is 31.4 Å². The van der Waals surface area contributed by atoms with Crippen molar-refractivity contribution in [2.75, 3.05) is 120 Å². The molecule has 4 heterocycles. The average Bonchev–Trinajstić information content (AvgIpc) is 3.64. The van der Waals surface area contributed by atoms with Crippen molar-refractivity contribution < 1.29 is 33.6 Å². The van der Waals surface area contributed by atoms with Gasteiger partial charge in [0.05, 0.1) is 64.2 Å². The van der Waals surface area contributed by atoms with Gasteiger partial charge in [-0.3, -0.25) is 9.59 Å². The second-order valence-electron chi connectivity index (χ2n) is 12.0. The lowest BCUT2D eigenvalue weighted by molar-refractivity contribution is -0.138. The molecule has 2 aromatic rings. The lowest BCUT2D eigenvalue weighted by Gasteiger charge is -2.36. The van der Waals surface area contributed by atoms with E-state index in [2.05, 4.69) is 31.4 Å². The molecule has 2 aromatic heterocycles. The summed E-state index contributed by atoms with van der Waals surface area (Å²) < 4.78 is 23.3. The molecule has 2 fully saturated rings. The number of amides is 1. The molecular weight excluding hydrogens is 664 g/mol. The highest BCUT2D eigenvalue weighted by Crippen LogP contribution is 2.23. The molecule has 2 aliphatic heterocycles. The van der Waals surface area contributed by atoms with Gasteiger partial charge in [0.2, 0.25) is 23.8 Å². The zero-order valence-electron chi connectivity index (χ0n) is 29.2. The highest BCUT2D eigenvalue weighted by atomic mass is 16.5. The molecule has 2 saturated heterocycles. The summed E-state index contributed by atoms with van der Waals surface area (Å²) in [6, 6.07) is -1.18. The van der Waals surface area contributed by atoms with Gasteiger partial charge in [-0.2, -0.15) is 15.0 Å². The minimum Gasteiger partial charge on any atom is -0.481 e. The van der Waals surface area contributed by atoms with Crippen LogP contribution in [0.1, 0.15) is 49.9 Å². The Labute approximate surface area is 298 Å². The van der Waals surface area contributed by atoms with Crippen molar-refractivity contribution in [1.29, 1.82) is 0 Å². The van der Waals surface area contributed by atoms with Crippen LogP contribution in [0, 0.1) is 12.3 Å². The van der Waals surface area contributed by atoms with Crippen LogP contribution in [-0.2, 0) is 28.5 Å². The number of aromatic nitrogens is 6. The van der Waals surface area contributed by atoms with Crippen LogP contribution in [0.4, 0.5) is 17.8 Å². The maximum Gasteiger partial charge on any atom is 0.303 e. The Morgan fingerprint density at radius 2 is 1.61 bits per heavy atom. The number of piperazine rings is 1. The number of nitrogens with one attached hydrogen (secondary N) is 1. The molecule has 2 atom stereocenters. The summed E-state index contributed by atoms with van der Waals surface area (Å²) in [6.45, 7) is 7.66. The summed E-state index contributed by atoms with van der Waals surface area (Å²) in [4.78, 5) is 45.2. The Hall–Kier alpha value is -4.19. The largest absolute Gasteiger partial charge is 0.481 e. The molecule has 19 nitrogen and oxygen atoms in total. The van der Waals surface area contributed by atoms with E-state index in [0.717, 1.165) is 12.8 Å². The number of carbonyl (C=O) groups excluding carboxylic acids is 1. The fourth-order valence-electron chi connectivity index (χ4n) is 5.52. The molecule has 0 saturated carbocycles. The number of terminal acetylenes is 1. The van der Waals surface area contributed by atoms with Crippen LogP contribution in [0.15, 0.2) is 6.20 Å². The van der Waals surface area contributed by atoms with Crippen molar-refractivity contribution in [2.45, 2.75) is 44.2 Å². The van der Waals surface area contributed by atoms with Crippen LogP contribution in [0.2, 0.25) is 0 Å². The van der Waals surface area contributed by atoms with Gasteiger partial charge in [-0.15, -0.1) is 11.5 Å². The van der Waals surface area contributed by atoms with Gasteiger partial charge >= 0.3 is 5.97 Å². The van der Waals surface area contributed by atoms with E-state index in [1.54, 1.807) is 11.1 Å². The third-order valence-corrected chi connectivity index (χ3v) is 8.35. The first-order chi connectivity index (χ1) is 24.9. The van der Waals surface area contributed by atoms with Gasteiger partial charge in [0.25, 0.3) is 0 Å². The van der Waals surface area contributed by atoms with Gasteiger partial charge in [-0.05, 0) is 25.8 Å². The summed E-state index contributed by atoms with van der Waals surface area (Å²) in [7, 11) is 0. The van der Waals surface area contributed by atoms with E-state index in [1.807, 2.05) is 4.90 Å². The molecular formula is C32H52N12O7. The minimum atomic E-state index is -0.995. The second-order valence-corrected chi connectivity index (χ2v) is 12.0. The van der Waals surface area contributed by atoms with Crippen LogP contribution in [0.3, 0.4) is 0 Å². The second kappa shape index (κ2) is 21.9. The number of ether oxygens (including phenoxy) is 4. The number of nitrogens with zero attached hydrogens (tertiary/aromatic N) is 9. The maximum atomic E-state index is 13.8. The number of anilines is 3. The van der Waals surface area contributed by atoms with Crippen molar-refractivity contribution in [3.63, 3.8) is 0 Å². The number of carbonyl (C=O) groups is 2. The number of nitrogens with two attached hydrogens (primary N) is 2. The summed E-state index contributed by atoms with van der Waals surface area (Å²) in [6.07, 6.45) is 9.06. The number of carboxylic acid groups (broad SMARTS) is 1. The molecule has 1 amide bonds. The minimum absolute atomic E-state index is 0.0733. The normalized spacial score (nSPS) is 16.1. The number of aliphatic carboxylic acids is 1. The van der Waals surface area contributed by atoms with Gasteiger partial charge < -0.3 is 55.5 Å². The van der Waals surface area contributed by atoms with Crippen molar-refractivity contribution in [3.05, 3.63) is 11.9 Å². The van der Waals surface area contributed by atoms with Gasteiger partial charge in [0.1, 0.15) is 12.6 Å². The van der Waals surface area contributed by atoms with E-state index in [1.165, 1.54) is 4.68 Å². The lowest BCUT2D eigenvalue weighted by Crippen LogP contribution is -2.51. The van der Waals surface area contributed by atoms with Crippen LogP contribution in [-0.4, -0.2) is 157 Å². The third-order valence-electron chi connectivity index (χ3n) is 8.35. The van der Waals surface area contributed by atoms with Crippen molar-refractivity contribution >= 4 is 29.7 Å². The first-order valence-electron chi connectivity index (χ1n) is 17.5. The lowest BCUT2D eigenvalue weighted by atomic mass is 10.1. The highest BCUT2D eigenvalue weighted by Gasteiger charge is 2.31. The van der Waals surface area contributed by atoms with Crippen LogP contribution >= 0.6 is 0 Å². The van der Waals surface area contributed by atoms with Crippen LogP contribution < -0.4 is 26.6 Å². The van der Waals surface area contributed by atoms with Gasteiger partial charge in [0.15, 0.2) is 0 Å². The smallest absolute Gasteiger partial charge is 0.303 e. The Balaban J connectivity index is 1.34. The van der Waals surface area contributed by atoms with Gasteiger partial charge in [-0.25, -0.2) is 4.68 Å². The molecule has 282 valence electrons. The molecule has 4 rings (SSSR count). The molecule has 51 heavy (non-hydrogen) atoms. The maximum absolute atomic E-state index is 13.8. The molecule has 0 aliphatic carbocycles. The zero-order valence-corrected chi connectivity index (χ0v) is 29.2. The predicted octanol–water partition coefficient (Wildman–Crippen LogP) is -0.722. The van der Waals surface area contributed by atoms with Crippen LogP contribution in [0.25, 0.3) is 0 Å². The number of hydrogen-bond acceptors (Lipinski definition) is 16. The first kappa shape index (κ1) is 39.6. The van der Waals surface area contributed by atoms with E-state index in [0.29, 0.717) is 129 Å². The summed E-state index contributed by atoms with van der Waals surface area (Å²) >= 11 is 0. The molecule has 0 aromatic carbocycles. The van der Waals surface area contributed by atoms with E-state index < -0.39 is 12.0 Å². The SMILES string of the molecule is C#CCOCCOCCOCCNc1nc(N2CCOCC2)nc(N2CCN(C(=O)[C@H](CCC(=O)O)n3cc([C@@H](N)CCCCN)nn3)CC2)n1. The van der Waals surface area contributed by atoms with Crippen molar-refractivity contribution in [3.8, 4) is 12.3 Å².